The maximum absolute atomic E-state index is 12.8. The average Bonchev–Trinajstić information content (AvgIpc) is 3.22. The lowest BCUT2D eigenvalue weighted by molar-refractivity contribution is -0.0102. The molecule has 1 aliphatic rings. The number of aromatic amines is 2. The van der Waals surface area contributed by atoms with Gasteiger partial charge < -0.3 is 14.6 Å². The number of carbonyl (C=O) groups is 1. The number of hydrogen-bond acceptors (Lipinski definition) is 4. The number of rotatable bonds is 5. The minimum Gasteiger partial charge on any atom is -0.377 e. The molecule has 3 aromatic rings. The van der Waals surface area contributed by atoms with Crippen molar-refractivity contribution < 1.29 is 9.53 Å². The summed E-state index contributed by atoms with van der Waals surface area (Å²) in [6, 6.07) is 5.92. The van der Waals surface area contributed by atoms with Crippen LogP contribution in [0.15, 0.2) is 30.6 Å². The Kier molecular flexibility index (Phi) is 4.01. The molecule has 0 spiro atoms. The van der Waals surface area contributed by atoms with E-state index >= 15 is 0 Å². The molecule has 0 saturated carbocycles. The number of nitrogens with one attached hydrogen (secondary N) is 2. The maximum atomic E-state index is 12.8. The Bertz CT molecular complexity index is 884. The predicted octanol–water partition coefficient (Wildman–Crippen LogP) is 2.59. The Morgan fingerprint density at radius 2 is 2.32 bits per heavy atom. The third-order valence-electron chi connectivity index (χ3n) is 4.53. The van der Waals surface area contributed by atoms with E-state index in [2.05, 4.69) is 20.2 Å². The van der Waals surface area contributed by atoms with Gasteiger partial charge in [0.15, 0.2) is 0 Å². The number of aromatic nitrogens is 4. The molecule has 1 aliphatic heterocycles. The molecule has 1 atom stereocenters. The number of likely N-dealkylation sites (tertiary alicyclic amines) is 1. The molecule has 2 N–H and O–H groups in total. The zero-order valence-electron chi connectivity index (χ0n) is 14.3. The molecular weight excluding hydrogens is 318 g/mol. The Hall–Kier alpha value is -2.67. The summed E-state index contributed by atoms with van der Waals surface area (Å²) in [5.41, 5.74) is 3.01. The number of amides is 1. The van der Waals surface area contributed by atoms with Gasteiger partial charge >= 0.3 is 0 Å². The van der Waals surface area contributed by atoms with Crippen LogP contribution in [0.1, 0.15) is 30.8 Å². The second kappa shape index (κ2) is 6.33. The Labute approximate surface area is 145 Å². The van der Waals surface area contributed by atoms with E-state index < -0.39 is 0 Å². The highest BCUT2D eigenvalue weighted by molar-refractivity contribution is 5.98. The summed E-state index contributed by atoms with van der Waals surface area (Å²) in [7, 11) is 0. The zero-order chi connectivity index (χ0) is 17.4. The zero-order valence-corrected chi connectivity index (χ0v) is 14.3. The number of fused-ring (bicyclic) bond motifs is 1. The highest BCUT2D eigenvalue weighted by atomic mass is 16.5. The summed E-state index contributed by atoms with van der Waals surface area (Å²) >= 11 is 0. The van der Waals surface area contributed by atoms with Crippen molar-refractivity contribution in [1.82, 2.24) is 25.1 Å². The van der Waals surface area contributed by atoms with Gasteiger partial charge in [0.1, 0.15) is 11.3 Å². The van der Waals surface area contributed by atoms with Gasteiger partial charge in [0.25, 0.3) is 5.91 Å². The number of carbonyl (C=O) groups excluding carboxylic acids is 1. The van der Waals surface area contributed by atoms with Crippen molar-refractivity contribution in [2.75, 3.05) is 13.2 Å². The van der Waals surface area contributed by atoms with Gasteiger partial charge in [-0.3, -0.25) is 9.89 Å². The molecule has 0 unspecified atom stereocenters. The van der Waals surface area contributed by atoms with Crippen LogP contribution in [-0.2, 0) is 4.74 Å². The van der Waals surface area contributed by atoms with Crippen LogP contribution in [0.2, 0.25) is 0 Å². The van der Waals surface area contributed by atoms with E-state index in [0.717, 1.165) is 29.6 Å². The van der Waals surface area contributed by atoms with E-state index in [-0.39, 0.29) is 18.1 Å². The fraction of sp³-hybridized carbons (Fsp3) is 0.389. The van der Waals surface area contributed by atoms with E-state index in [4.69, 9.17) is 4.74 Å². The summed E-state index contributed by atoms with van der Waals surface area (Å²) in [5.74, 6) is 0.00599. The molecule has 1 fully saturated rings. The molecule has 4 heterocycles. The summed E-state index contributed by atoms with van der Waals surface area (Å²) < 4.78 is 5.65. The van der Waals surface area contributed by atoms with Crippen LogP contribution in [0.3, 0.4) is 0 Å². The van der Waals surface area contributed by atoms with Gasteiger partial charge in [-0.15, -0.1) is 0 Å². The topological polar surface area (TPSA) is 86.9 Å². The second-order valence-electron chi connectivity index (χ2n) is 6.63. The lowest BCUT2D eigenvalue weighted by Crippen LogP contribution is -2.53. The SMILES string of the molecule is CC(C)OC[C@H]1CCN1C(=O)c1cc2ccc(-c3cn[nH]c3)nc2[nH]1. The Balaban J connectivity index is 1.54. The molecule has 0 aromatic carbocycles. The highest BCUT2D eigenvalue weighted by Crippen LogP contribution is 2.24. The molecule has 7 nitrogen and oxygen atoms in total. The molecule has 25 heavy (non-hydrogen) atoms. The molecule has 3 aromatic heterocycles. The van der Waals surface area contributed by atoms with Crippen molar-refractivity contribution in [3.8, 4) is 11.3 Å². The molecule has 7 heteroatoms. The second-order valence-corrected chi connectivity index (χ2v) is 6.63. The molecule has 130 valence electrons. The minimum atomic E-state index is 0.00599. The molecule has 0 radical (unpaired) electrons. The number of ether oxygens (including phenoxy) is 1. The predicted molar refractivity (Wildman–Crippen MR) is 94.2 cm³/mol. The van der Waals surface area contributed by atoms with Crippen molar-refractivity contribution >= 4 is 16.9 Å². The van der Waals surface area contributed by atoms with Crippen LogP contribution < -0.4 is 0 Å². The number of H-pyrrole nitrogens is 2. The first kappa shape index (κ1) is 15.8. The van der Waals surface area contributed by atoms with E-state index in [1.54, 1.807) is 12.4 Å². The van der Waals surface area contributed by atoms with Crippen LogP contribution in [0.25, 0.3) is 22.3 Å². The van der Waals surface area contributed by atoms with Crippen LogP contribution in [0.5, 0.6) is 0 Å². The van der Waals surface area contributed by atoms with Crippen LogP contribution in [-0.4, -0.2) is 56.3 Å². The van der Waals surface area contributed by atoms with Crippen molar-refractivity contribution in [3.63, 3.8) is 0 Å². The quantitative estimate of drug-likeness (QED) is 0.748. The molecule has 1 saturated heterocycles. The highest BCUT2D eigenvalue weighted by Gasteiger charge is 2.33. The van der Waals surface area contributed by atoms with Crippen LogP contribution in [0, 0.1) is 0 Å². The standard InChI is InChI=1S/C18H21N5O2/c1-11(2)25-10-14-5-6-23(14)18(24)16-7-12-3-4-15(21-17(12)22-16)13-8-19-20-9-13/h3-4,7-9,11,14H,5-6,10H2,1-2H3,(H,19,20)(H,21,22)/t14-/m1/s1. The number of pyridine rings is 1. The smallest absolute Gasteiger partial charge is 0.270 e. The van der Waals surface area contributed by atoms with E-state index in [9.17, 15) is 4.79 Å². The molecule has 4 rings (SSSR count). The van der Waals surface area contributed by atoms with Gasteiger partial charge in [-0.05, 0) is 38.5 Å². The van der Waals surface area contributed by atoms with Gasteiger partial charge in [-0.2, -0.15) is 5.10 Å². The average molecular weight is 339 g/mol. The Morgan fingerprint density at radius 3 is 3.00 bits per heavy atom. The van der Waals surface area contributed by atoms with Crippen molar-refractivity contribution in [2.24, 2.45) is 0 Å². The number of nitrogens with zero attached hydrogens (tertiary/aromatic N) is 3. The first-order chi connectivity index (χ1) is 12.1. The first-order valence-electron chi connectivity index (χ1n) is 8.53. The normalized spacial score (nSPS) is 17.2. The summed E-state index contributed by atoms with van der Waals surface area (Å²) in [6.07, 6.45) is 4.68. The van der Waals surface area contributed by atoms with Gasteiger partial charge in [0.05, 0.1) is 30.6 Å². The van der Waals surface area contributed by atoms with E-state index in [1.807, 2.05) is 36.9 Å². The van der Waals surface area contributed by atoms with E-state index in [1.165, 1.54) is 0 Å². The molecule has 0 aliphatic carbocycles. The van der Waals surface area contributed by atoms with Gasteiger partial charge in [0, 0.05) is 23.7 Å². The fourth-order valence-corrected chi connectivity index (χ4v) is 3.01. The van der Waals surface area contributed by atoms with Gasteiger partial charge in [-0.1, -0.05) is 0 Å². The molecule has 1 amide bonds. The number of hydrogen-bond donors (Lipinski definition) is 2. The van der Waals surface area contributed by atoms with Gasteiger partial charge in [-0.25, -0.2) is 4.98 Å². The monoisotopic (exact) mass is 339 g/mol. The molecule has 0 bridgehead atoms. The summed E-state index contributed by atoms with van der Waals surface area (Å²) in [5, 5.41) is 7.65. The lowest BCUT2D eigenvalue weighted by atomic mass is 10.0. The van der Waals surface area contributed by atoms with Crippen molar-refractivity contribution in [3.05, 3.63) is 36.3 Å². The van der Waals surface area contributed by atoms with Crippen LogP contribution >= 0.6 is 0 Å². The Morgan fingerprint density at radius 1 is 1.44 bits per heavy atom. The van der Waals surface area contributed by atoms with Crippen LogP contribution in [0.4, 0.5) is 0 Å². The first-order valence-corrected chi connectivity index (χ1v) is 8.53. The largest absolute Gasteiger partial charge is 0.377 e. The minimum absolute atomic E-state index is 0.00599. The molecular formula is C18H21N5O2. The van der Waals surface area contributed by atoms with Crippen molar-refractivity contribution in [1.29, 1.82) is 0 Å². The summed E-state index contributed by atoms with van der Waals surface area (Å²) in [6.45, 7) is 5.37. The van der Waals surface area contributed by atoms with E-state index in [0.29, 0.717) is 17.9 Å². The lowest BCUT2D eigenvalue weighted by Gasteiger charge is -2.40. The summed E-state index contributed by atoms with van der Waals surface area (Å²) in [4.78, 5) is 22.4. The van der Waals surface area contributed by atoms with Crippen molar-refractivity contribution in [2.45, 2.75) is 32.4 Å². The fourth-order valence-electron chi connectivity index (χ4n) is 3.01. The maximum Gasteiger partial charge on any atom is 0.270 e. The van der Waals surface area contributed by atoms with Gasteiger partial charge in [0.2, 0.25) is 0 Å². The third-order valence-corrected chi connectivity index (χ3v) is 4.53. The third kappa shape index (κ3) is 3.02.